The van der Waals surface area contributed by atoms with Gasteiger partial charge in [-0.1, -0.05) is 13.8 Å². The van der Waals surface area contributed by atoms with Crippen LogP contribution in [0.3, 0.4) is 0 Å². The number of hydrogen-bond donors (Lipinski definition) is 2. The number of halogens is 1. The summed E-state index contributed by atoms with van der Waals surface area (Å²) in [5.41, 5.74) is 0. The zero-order chi connectivity index (χ0) is 15.5. The van der Waals surface area contributed by atoms with E-state index in [4.69, 9.17) is 9.84 Å². The molecule has 0 saturated carbocycles. The van der Waals surface area contributed by atoms with Gasteiger partial charge in [0.05, 0.1) is 12.0 Å². The van der Waals surface area contributed by atoms with E-state index in [0.29, 0.717) is 10.2 Å². The Balaban J connectivity index is 3.20. The van der Waals surface area contributed by atoms with Crippen molar-refractivity contribution >= 4 is 31.9 Å². The highest BCUT2D eigenvalue weighted by Crippen LogP contribution is 2.27. The van der Waals surface area contributed by atoms with Crippen LogP contribution in [0.2, 0.25) is 0 Å². The minimum absolute atomic E-state index is 0.0660. The predicted molar refractivity (Wildman–Crippen MR) is 77.3 cm³/mol. The van der Waals surface area contributed by atoms with E-state index in [-0.39, 0.29) is 10.8 Å². The minimum atomic E-state index is -3.97. The van der Waals surface area contributed by atoms with Gasteiger partial charge in [-0.25, -0.2) is 8.42 Å². The summed E-state index contributed by atoms with van der Waals surface area (Å²) in [6.07, 6.45) is 0. The molecule has 0 amide bonds. The Kier molecular flexibility index (Phi) is 5.55. The maximum atomic E-state index is 12.3. The molecule has 1 atom stereocenters. The maximum absolute atomic E-state index is 12.3. The molecular weight excluding hydrogens is 350 g/mol. The molecule has 8 heteroatoms. The van der Waals surface area contributed by atoms with E-state index >= 15 is 0 Å². The molecular formula is C12H16BrNO5S. The topological polar surface area (TPSA) is 92.7 Å². The third-order valence-electron chi connectivity index (χ3n) is 2.64. The second kappa shape index (κ2) is 6.55. The van der Waals surface area contributed by atoms with Crippen LogP contribution < -0.4 is 9.46 Å². The van der Waals surface area contributed by atoms with Crippen LogP contribution in [0.25, 0.3) is 0 Å². The van der Waals surface area contributed by atoms with Crippen LogP contribution in [0, 0.1) is 5.92 Å². The molecule has 0 spiro atoms. The lowest BCUT2D eigenvalue weighted by Gasteiger charge is -2.18. The molecule has 0 aliphatic carbocycles. The predicted octanol–water partition coefficient (Wildman–Crippen LogP) is 1.85. The number of hydrogen-bond acceptors (Lipinski definition) is 4. The van der Waals surface area contributed by atoms with Gasteiger partial charge in [-0.05, 0) is 34.0 Å². The van der Waals surface area contributed by atoms with Crippen LogP contribution in [-0.2, 0) is 14.8 Å². The molecule has 6 nitrogen and oxygen atoms in total. The third-order valence-corrected chi connectivity index (χ3v) is 5.08. The highest BCUT2D eigenvalue weighted by Gasteiger charge is 2.29. The van der Waals surface area contributed by atoms with Gasteiger partial charge >= 0.3 is 5.97 Å². The van der Waals surface area contributed by atoms with Gasteiger partial charge in [0.25, 0.3) is 0 Å². The van der Waals surface area contributed by atoms with Crippen LogP contribution in [0.5, 0.6) is 5.75 Å². The molecule has 0 bridgehead atoms. The quantitative estimate of drug-likeness (QED) is 0.802. The van der Waals surface area contributed by atoms with Crippen molar-refractivity contribution in [1.29, 1.82) is 0 Å². The number of ether oxygens (including phenoxy) is 1. The average Bonchev–Trinajstić information content (AvgIpc) is 2.35. The van der Waals surface area contributed by atoms with Gasteiger partial charge in [0, 0.05) is 10.5 Å². The van der Waals surface area contributed by atoms with Gasteiger partial charge in [-0.2, -0.15) is 4.72 Å². The van der Waals surface area contributed by atoms with Crippen LogP contribution >= 0.6 is 15.9 Å². The number of methoxy groups -OCH3 is 1. The van der Waals surface area contributed by atoms with Crippen molar-refractivity contribution in [2.75, 3.05) is 7.11 Å². The van der Waals surface area contributed by atoms with Crippen molar-refractivity contribution in [3.63, 3.8) is 0 Å². The van der Waals surface area contributed by atoms with Crippen molar-refractivity contribution in [1.82, 2.24) is 4.72 Å². The molecule has 0 saturated heterocycles. The number of aliphatic carboxylic acids is 1. The molecule has 0 fully saturated rings. The van der Waals surface area contributed by atoms with Gasteiger partial charge in [-0.3, -0.25) is 4.79 Å². The fourth-order valence-electron chi connectivity index (χ4n) is 1.52. The lowest BCUT2D eigenvalue weighted by molar-refractivity contribution is -0.140. The summed E-state index contributed by atoms with van der Waals surface area (Å²) in [4.78, 5) is 11.0. The Bertz CT molecular complexity index is 600. The largest absolute Gasteiger partial charge is 0.497 e. The maximum Gasteiger partial charge on any atom is 0.322 e. The zero-order valence-electron chi connectivity index (χ0n) is 11.3. The van der Waals surface area contributed by atoms with E-state index in [0.717, 1.165) is 0 Å². The molecule has 0 aliphatic rings. The lowest BCUT2D eigenvalue weighted by atomic mass is 10.1. The van der Waals surface area contributed by atoms with E-state index in [1.54, 1.807) is 19.9 Å². The van der Waals surface area contributed by atoms with Crippen molar-refractivity contribution in [3.8, 4) is 5.75 Å². The van der Waals surface area contributed by atoms with Crippen molar-refractivity contribution in [2.45, 2.75) is 24.8 Å². The third kappa shape index (κ3) is 3.94. The molecule has 1 unspecified atom stereocenters. The standard InChI is InChI=1S/C12H16BrNO5S/c1-7(2)11(12(15)16)14-20(17,18)10-6-8(19-3)4-5-9(10)13/h4-7,11,14H,1-3H3,(H,15,16). The molecule has 0 aromatic heterocycles. The number of carboxylic acid groups (broad SMARTS) is 1. The Labute approximate surface area is 126 Å². The van der Waals surface area contributed by atoms with Gasteiger partial charge in [0.1, 0.15) is 11.8 Å². The Morgan fingerprint density at radius 2 is 2.00 bits per heavy atom. The van der Waals surface area contributed by atoms with Crippen molar-refractivity contribution in [3.05, 3.63) is 22.7 Å². The molecule has 2 N–H and O–H groups in total. The molecule has 1 aromatic rings. The monoisotopic (exact) mass is 365 g/mol. The number of carboxylic acids is 1. The van der Waals surface area contributed by atoms with E-state index in [2.05, 4.69) is 20.7 Å². The van der Waals surface area contributed by atoms with Gasteiger partial charge in [-0.15, -0.1) is 0 Å². The fourth-order valence-corrected chi connectivity index (χ4v) is 3.84. The number of nitrogens with one attached hydrogen (secondary N) is 1. The minimum Gasteiger partial charge on any atom is -0.497 e. The van der Waals surface area contributed by atoms with Gasteiger partial charge in [0.15, 0.2) is 0 Å². The normalized spacial score (nSPS) is 13.2. The molecule has 112 valence electrons. The number of benzene rings is 1. The summed E-state index contributed by atoms with van der Waals surface area (Å²) < 4.78 is 32.1. The first-order chi connectivity index (χ1) is 9.19. The van der Waals surface area contributed by atoms with E-state index in [9.17, 15) is 13.2 Å². The summed E-state index contributed by atoms with van der Waals surface area (Å²) in [5.74, 6) is -1.24. The summed E-state index contributed by atoms with van der Waals surface area (Å²) >= 11 is 3.14. The molecule has 0 aliphatic heterocycles. The molecule has 0 radical (unpaired) electrons. The summed E-state index contributed by atoms with van der Waals surface area (Å²) in [6.45, 7) is 3.25. The van der Waals surface area contributed by atoms with Crippen molar-refractivity contribution in [2.24, 2.45) is 5.92 Å². The van der Waals surface area contributed by atoms with Crippen molar-refractivity contribution < 1.29 is 23.1 Å². The van der Waals surface area contributed by atoms with E-state index in [1.807, 2.05) is 0 Å². The van der Waals surface area contributed by atoms with Crippen LogP contribution in [-0.4, -0.2) is 32.6 Å². The SMILES string of the molecule is COc1ccc(Br)c(S(=O)(=O)NC(C(=O)O)C(C)C)c1. The first kappa shape index (κ1) is 16.9. The number of sulfonamides is 1. The first-order valence-electron chi connectivity index (χ1n) is 5.77. The Hall–Kier alpha value is -1.12. The average molecular weight is 366 g/mol. The van der Waals surface area contributed by atoms with E-state index < -0.39 is 22.0 Å². The lowest BCUT2D eigenvalue weighted by Crippen LogP contribution is -2.44. The highest BCUT2D eigenvalue weighted by molar-refractivity contribution is 9.10. The summed E-state index contributed by atoms with van der Waals surface area (Å²) in [5, 5.41) is 9.06. The van der Waals surface area contributed by atoms with Crippen LogP contribution in [0.4, 0.5) is 0 Å². The van der Waals surface area contributed by atoms with Gasteiger partial charge in [0.2, 0.25) is 10.0 Å². The van der Waals surface area contributed by atoms with Crippen LogP contribution in [0.15, 0.2) is 27.6 Å². The molecule has 1 rings (SSSR count). The molecule has 0 heterocycles. The second-order valence-corrected chi connectivity index (χ2v) is 7.01. The van der Waals surface area contributed by atoms with Gasteiger partial charge < -0.3 is 9.84 Å². The number of carbonyl (C=O) groups is 1. The van der Waals surface area contributed by atoms with E-state index in [1.165, 1.54) is 19.2 Å². The second-order valence-electron chi connectivity index (χ2n) is 4.48. The smallest absolute Gasteiger partial charge is 0.322 e. The molecule has 20 heavy (non-hydrogen) atoms. The Morgan fingerprint density at radius 1 is 1.40 bits per heavy atom. The number of rotatable bonds is 6. The molecule has 1 aromatic carbocycles. The fraction of sp³-hybridized carbons (Fsp3) is 0.417. The first-order valence-corrected chi connectivity index (χ1v) is 8.05. The zero-order valence-corrected chi connectivity index (χ0v) is 13.7. The summed E-state index contributed by atoms with van der Waals surface area (Å²) in [6, 6.07) is 3.25. The van der Waals surface area contributed by atoms with Crippen LogP contribution in [0.1, 0.15) is 13.8 Å². The highest BCUT2D eigenvalue weighted by atomic mass is 79.9. The summed E-state index contributed by atoms with van der Waals surface area (Å²) in [7, 11) is -2.55. The Morgan fingerprint density at radius 3 is 2.45 bits per heavy atom.